The van der Waals surface area contributed by atoms with Crippen molar-refractivity contribution in [3.8, 4) is 0 Å². The van der Waals surface area contributed by atoms with Crippen LogP contribution in [0.4, 0.5) is 0 Å². The van der Waals surface area contributed by atoms with E-state index in [1.807, 2.05) is 30.3 Å². The number of aryl methyl sites for hydroxylation is 1. The van der Waals surface area contributed by atoms with Crippen LogP contribution >= 0.6 is 0 Å². The van der Waals surface area contributed by atoms with Crippen LogP contribution in [0, 0.1) is 6.92 Å². The molecule has 7 nitrogen and oxygen atoms in total. The normalized spacial score (nSPS) is 18.2. The molecule has 1 aliphatic heterocycles. The maximum atomic E-state index is 13.0. The molecule has 1 aromatic heterocycles. The number of amides is 2. The van der Waals surface area contributed by atoms with Gasteiger partial charge in [0.1, 0.15) is 6.04 Å². The summed E-state index contributed by atoms with van der Waals surface area (Å²) in [6, 6.07) is 9.20. The fraction of sp³-hybridized carbons (Fsp3) is 0.412. The molecule has 0 radical (unpaired) electrons. The molecule has 0 aliphatic carbocycles. The smallest absolute Gasteiger partial charge is 0.277 e. The van der Waals surface area contributed by atoms with E-state index >= 15 is 0 Å². The number of aromatic nitrogens is 3. The summed E-state index contributed by atoms with van der Waals surface area (Å²) in [4.78, 5) is 27.1. The number of hydrogen-bond acceptors (Lipinski definition) is 4. The van der Waals surface area contributed by atoms with Crippen LogP contribution in [0.2, 0.25) is 0 Å². The summed E-state index contributed by atoms with van der Waals surface area (Å²) < 4.78 is 1.57. The highest BCUT2D eigenvalue weighted by Crippen LogP contribution is 2.16. The van der Waals surface area contributed by atoms with E-state index in [1.165, 1.54) is 0 Å². The van der Waals surface area contributed by atoms with E-state index in [-0.39, 0.29) is 11.8 Å². The highest BCUT2D eigenvalue weighted by molar-refractivity contribution is 5.97. The van der Waals surface area contributed by atoms with Gasteiger partial charge in [-0.1, -0.05) is 35.5 Å². The molecule has 126 valence electrons. The van der Waals surface area contributed by atoms with E-state index in [0.29, 0.717) is 30.9 Å². The molecule has 1 N–H and O–H groups in total. The third kappa shape index (κ3) is 3.15. The number of carbonyl (C=O) groups is 2. The Kier molecular flexibility index (Phi) is 4.59. The fourth-order valence-electron chi connectivity index (χ4n) is 2.90. The molecule has 2 aromatic rings. The Morgan fingerprint density at radius 3 is 2.75 bits per heavy atom. The van der Waals surface area contributed by atoms with Crippen LogP contribution in [0.15, 0.2) is 30.3 Å². The van der Waals surface area contributed by atoms with Gasteiger partial charge >= 0.3 is 0 Å². The van der Waals surface area contributed by atoms with Crippen molar-refractivity contribution in [3.63, 3.8) is 0 Å². The summed E-state index contributed by atoms with van der Waals surface area (Å²) in [7, 11) is 1.75. The minimum atomic E-state index is -0.538. The van der Waals surface area contributed by atoms with E-state index in [1.54, 1.807) is 23.6 Å². The van der Waals surface area contributed by atoms with Crippen LogP contribution in [0.5, 0.6) is 0 Å². The predicted molar refractivity (Wildman–Crippen MR) is 88.3 cm³/mol. The SMILES string of the molecule is Cc1c(C(=O)N2CCCNC(=O)C2Cc2ccccc2)nnn1C. The number of carbonyl (C=O) groups excluding carboxylic acids is 2. The van der Waals surface area contributed by atoms with Gasteiger partial charge in [0.2, 0.25) is 5.91 Å². The molecule has 2 heterocycles. The van der Waals surface area contributed by atoms with Crippen molar-refractivity contribution in [2.45, 2.75) is 25.8 Å². The second-order valence-electron chi connectivity index (χ2n) is 6.00. The zero-order chi connectivity index (χ0) is 17.1. The molecule has 1 aliphatic rings. The lowest BCUT2D eigenvalue weighted by Gasteiger charge is -2.28. The molecule has 3 rings (SSSR count). The number of nitrogens with one attached hydrogen (secondary N) is 1. The summed E-state index contributed by atoms with van der Waals surface area (Å²) in [5.74, 6) is -0.357. The molecule has 7 heteroatoms. The zero-order valence-electron chi connectivity index (χ0n) is 13.9. The molecule has 0 spiro atoms. The van der Waals surface area contributed by atoms with Crippen molar-refractivity contribution in [3.05, 3.63) is 47.3 Å². The minimum Gasteiger partial charge on any atom is -0.354 e. The van der Waals surface area contributed by atoms with E-state index in [9.17, 15) is 9.59 Å². The van der Waals surface area contributed by atoms with Crippen molar-refractivity contribution >= 4 is 11.8 Å². The third-order valence-electron chi connectivity index (χ3n) is 4.40. The predicted octanol–water partition coefficient (Wildman–Crippen LogP) is 0.697. The molecular weight excluding hydrogens is 306 g/mol. The molecule has 1 saturated heterocycles. The van der Waals surface area contributed by atoms with Crippen LogP contribution in [-0.4, -0.2) is 50.8 Å². The Morgan fingerprint density at radius 1 is 1.33 bits per heavy atom. The van der Waals surface area contributed by atoms with Gasteiger partial charge in [0, 0.05) is 26.6 Å². The molecule has 2 amide bonds. The standard InChI is InChI=1S/C17H21N5O2/c1-12-15(19-20-21(12)2)17(24)22-10-6-9-18-16(23)14(22)11-13-7-4-3-5-8-13/h3-5,7-8,14H,6,9-11H2,1-2H3,(H,18,23). The lowest BCUT2D eigenvalue weighted by Crippen LogP contribution is -2.48. The first-order valence-corrected chi connectivity index (χ1v) is 8.07. The van der Waals surface area contributed by atoms with Crippen molar-refractivity contribution < 1.29 is 9.59 Å². The van der Waals surface area contributed by atoms with Gasteiger partial charge in [-0.05, 0) is 18.9 Å². The van der Waals surface area contributed by atoms with E-state index in [2.05, 4.69) is 15.6 Å². The maximum absolute atomic E-state index is 13.0. The number of benzene rings is 1. The second-order valence-corrected chi connectivity index (χ2v) is 6.00. The van der Waals surface area contributed by atoms with E-state index in [4.69, 9.17) is 0 Å². The van der Waals surface area contributed by atoms with Gasteiger partial charge in [0.05, 0.1) is 5.69 Å². The number of hydrogen-bond donors (Lipinski definition) is 1. The first-order chi connectivity index (χ1) is 11.6. The van der Waals surface area contributed by atoms with Crippen LogP contribution in [-0.2, 0) is 18.3 Å². The minimum absolute atomic E-state index is 0.119. The van der Waals surface area contributed by atoms with Crippen LogP contribution in [0.3, 0.4) is 0 Å². The summed E-state index contributed by atoms with van der Waals surface area (Å²) in [6.07, 6.45) is 1.21. The lowest BCUT2D eigenvalue weighted by atomic mass is 10.0. The van der Waals surface area contributed by atoms with Crippen molar-refractivity contribution in [1.82, 2.24) is 25.2 Å². The Hall–Kier alpha value is -2.70. The zero-order valence-corrected chi connectivity index (χ0v) is 13.9. The highest BCUT2D eigenvalue weighted by atomic mass is 16.2. The first kappa shape index (κ1) is 16.2. The van der Waals surface area contributed by atoms with E-state index in [0.717, 1.165) is 12.0 Å². The molecule has 0 saturated carbocycles. The quantitative estimate of drug-likeness (QED) is 0.900. The van der Waals surface area contributed by atoms with Gasteiger partial charge in [-0.3, -0.25) is 14.3 Å². The monoisotopic (exact) mass is 327 g/mol. The van der Waals surface area contributed by atoms with Gasteiger partial charge in [0.25, 0.3) is 5.91 Å². The Balaban J connectivity index is 1.90. The second kappa shape index (κ2) is 6.82. The molecule has 1 fully saturated rings. The van der Waals surface area contributed by atoms with Gasteiger partial charge in [-0.25, -0.2) is 0 Å². The van der Waals surface area contributed by atoms with Crippen LogP contribution < -0.4 is 5.32 Å². The summed E-state index contributed by atoms with van der Waals surface area (Å²) in [5, 5.41) is 10.8. The highest BCUT2D eigenvalue weighted by Gasteiger charge is 2.34. The van der Waals surface area contributed by atoms with Gasteiger partial charge < -0.3 is 10.2 Å². The van der Waals surface area contributed by atoms with E-state index < -0.39 is 6.04 Å². The molecule has 1 unspecified atom stereocenters. The molecule has 24 heavy (non-hydrogen) atoms. The molecule has 1 atom stereocenters. The Bertz CT molecular complexity index is 741. The van der Waals surface area contributed by atoms with Gasteiger partial charge in [-0.2, -0.15) is 0 Å². The van der Waals surface area contributed by atoms with Crippen LogP contribution in [0.1, 0.15) is 28.2 Å². The largest absolute Gasteiger partial charge is 0.354 e. The number of nitrogens with zero attached hydrogens (tertiary/aromatic N) is 4. The van der Waals surface area contributed by atoms with Gasteiger partial charge in [-0.15, -0.1) is 5.10 Å². The Labute approximate surface area is 140 Å². The maximum Gasteiger partial charge on any atom is 0.277 e. The summed E-state index contributed by atoms with van der Waals surface area (Å²) in [5.41, 5.74) is 2.03. The molecular formula is C17H21N5O2. The number of rotatable bonds is 3. The van der Waals surface area contributed by atoms with Crippen molar-refractivity contribution in [2.75, 3.05) is 13.1 Å². The fourth-order valence-corrected chi connectivity index (χ4v) is 2.90. The topological polar surface area (TPSA) is 80.1 Å². The van der Waals surface area contributed by atoms with Crippen molar-refractivity contribution in [1.29, 1.82) is 0 Å². The van der Waals surface area contributed by atoms with Gasteiger partial charge in [0.15, 0.2) is 5.69 Å². The lowest BCUT2D eigenvalue weighted by molar-refractivity contribution is -0.124. The average Bonchev–Trinajstić information content (AvgIpc) is 2.81. The first-order valence-electron chi connectivity index (χ1n) is 8.07. The average molecular weight is 327 g/mol. The summed E-state index contributed by atoms with van der Waals surface area (Å²) in [6.45, 7) is 2.90. The molecule has 0 bridgehead atoms. The third-order valence-corrected chi connectivity index (χ3v) is 4.40. The van der Waals surface area contributed by atoms with Crippen LogP contribution in [0.25, 0.3) is 0 Å². The summed E-state index contributed by atoms with van der Waals surface area (Å²) >= 11 is 0. The van der Waals surface area contributed by atoms with Crippen molar-refractivity contribution in [2.24, 2.45) is 7.05 Å². The Morgan fingerprint density at radius 2 is 2.08 bits per heavy atom. The molecule has 1 aromatic carbocycles.